The Morgan fingerprint density at radius 1 is 1.50 bits per heavy atom. The van der Waals surface area contributed by atoms with Gasteiger partial charge in [0.05, 0.1) is 11.9 Å². The summed E-state index contributed by atoms with van der Waals surface area (Å²) in [5.74, 6) is 0.200. The van der Waals surface area contributed by atoms with Crippen molar-refractivity contribution in [3.05, 3.63) is 24.2 Å². The van der Waals surface area contributed by atoms with E-state index >= 15 is 0 Å². The van der Waals surface area contributed by atoms with Gasteiger partial charge in [0.2, 0.25) is 5.78 Å². The third-order valence-electron chi connectivity index (χ3n) is 2.43. The number of carbonyl (C=O) groups excluding carboxylic acids is 1. The van der Waals surface area contributed by atoms with Crippen LogP contribution in [-0.4, -0.2) is 31.7 Å². The Balaban J connectivity index is 2.19. The summed E-state index contributed by atoms with van der Waals surface area (Å²) in [5.41, 5.74) is -0.215. The molecule has 1 rings (SSSR count). The van der Waals surface area contributed by atoms with Crippen LogP contribution in [0.1, 0.15) is 30.8 Å². The fourth-order valence-electron chi connectivity index (χ4n) is 1.09. The van der Waals surface area contributed by atoms with E-state index in [0.29, 0.717) is 12.4 Å². The zero-order valence-electron chi connectivity index (χ0n) is 9.99. The van der Waals surface area contributed by atoms with Crippen LogP contribution in [0.5, 0.6) is 0 Å². The summed E-state index contributed by atoms with van der Waals surface area (Å²) < 4.78 is 15.5. The quantitative estimate of drug-likeness (QED) is 0.528. The maximum atomic E-state index is 11.4. The molecule has 4 heteroatoms. The molecule has 0 aliphatic carbocycles. The van der Waals surface area contributed by atoms with Crippen LogP contribution in [0.3, 0.4) is 0 Å². The van der Waals surface area contributed by atoms with Gasteiger partial charge in [0.25, 0.3) is 0 Å². The van der Waals surface area contributed by atoms with E-state index in [2.05, 4.69) is 0 Å². The Morgan fingerprint density at radius 3 is 2.81 bits per heavy atom. The number of hydrogen-bond acceptors (Lipinski definition) is 4. The molecule has 0 bridgehead atoms. The van der Waals surface area contributed by atoms with Crippen LogP contribution in [0.4, 0.5) is 0 Å². The third-order valence-corrected chi connectivity index (χ3v) is 2.43. The van der Waals surface area contributed by atoms with Crippen LogP contribution in [0, 0.1) is 0 Å². The summed E-state index contributed by atoms with van der Waals surface area (Å²) in [5, 5.41) is 0. The number of hydrogen-bond donors (Lipinski definition) is 0. The minimum Gasteiger partial charge on any atom is -0.461 e. The average Bonchev–Trinajstić information content (AvgIpc) is 2.77. The van der Waals surface area contributed by atoms with Gasteiger partial charge in [-0.1, -0.05) is 0 Å². The predicted octanol–water partition coefficient (Wildman–Crippen LogP) is 2.29. The molecule has 0 saturated heterocycles. The highest BCUT2D eigenvalue weighted by atomic mass is 16.5. The highest BCUT2D eigenvalue weighted by molar-refractivity contribution is 5.94. The molecule has 0 aliphatic rings. The van der Waals surface area contributed by atoms with Crippen LogP contribution in [0.2, 0.25) is 0 Å². The SMILES string of the molecule is COC(C)(C)CCOCC(=O)c1ccco1. The molecule has 0 aliphatic heterocycles. The summed E-state index contributed by atoms with van der Waals surface area (Å²) >= 11 is 0. The molecule has 1 aromatic heterocycles. The van der Waals surface area contributed by atoms with Crippen molar-refractivity contribution in [1.82, 2.24) is 0 Å². The van der Waals surface area contributed by atoms with Crippen molar-refractivity contribution < 1.29 is 18.7 Å². The van der Waals surface area contributed by atoms with Crippen LogP contribution >= 0.6 is 0 Å². The molecule has 0 fully saturated rings. The van der Waals surface area contributed by atoms with Gasteiger partial charge >= 0.3 is 0 Å². The maximum Gasteiger partial charge on any atom is 0.223 e. The van der Waals surface area contributed by atoms with E-state index in [1.807, 2.05) is 13.8 Å². The van der Waals surface area contributed by atoms with Crippen molar-refractivity contribution in [1.29, 1.82) is 0 Å². The summed E-state index contributed by atoms with van der Waals surface area (Å²) in [6.45, 7) is 4.50. The van der Waals surface area contributed by atoms with Gasteiger partial charge in [0.15, 0.2) is 5.76 Å². The molecular weight excluding hydrogens is 208 g/mol. The number of ether oxygens (including phenoxy) is 2. The summed E-state index contributed by atoms with van der Waals surface area (Å²) in [7, 11) is 1.66. The van der Waals surface area contributed by atoms with Gasteiger partial charge in [0.1, 0.15) is 6.61 Å². The Hall–Kier alpha value is -1.13. The number of methoxy groups -OCH3 is 1. The Bertz CT molecular complexity index is 314. The molecule has 4 nitrogen and oxygen atoms in total. The van der Waals surface area contributed by atoms with Crippen molar-refractivity contribution in [3.63, 3.8) is 0 Å². The van der Waals surface area contributed by atoms with E-state index in [4.69, 9.17) is 13.9 Å². The van der Waals surface area contributed by atoms with Crippen molar-refractivity contribution in [2.24, 2.45) is 0 Å². The van der Waals surface area contributed by atoms with Gasteiger partial charge in [-0.25, -0.2) is 0 Å². The van der Waals surface area contributed by atoms with Gasteiger partial charge < -0.3 is 13.9 Å². The first-order chi connectivity index (χ1) is 7.55. The molecule has 0 radical (unpaired) electrons. The first-order valence-corrected chi connectivity index (χ1v) is 5.25. The van der Waals surface area contributed by atoms with Gasteiger partial charge in [0, 0.05) is 13.7 Å². The minimum atomic E-state index is -0.215. The predicted molar refractivity (Wildman–Crippen MR) is 59.6 cm³/mol. The molecule has 0 aromatic carbocycles. The largest absolute Gasteiger partial charge is 0.461 e. The summed E-state index contributed by atoms with van der Waals surface area (Å²) in [6, 6.07) is 3.31. The van der Waals surface area contributed by atoms with Crippen molar-refractivity contribution >= 4 is 5.78 Å². The van der Waals surface area contributed by atoms with E-state index in [1.54, 1.807) is 19.2 Å². The second-order valence-corrected chi connectivity index (χ2v) is 4.17. The molecule has 0 unspecified atom stereocenters. The van der Waals surface area contributed by atoms with Crippen LogP contribution in [0.15, 0.2) is 22.8 Å². The Labute approximate surface area is 95.5 Å². The fourth-order valence-corrected chi connectivity index (χ4v) is 1.09. The first kappa shape index (κ1) is 12.9. The third kappa shape index (κ3) is 4.16. The molecule has 0 amide bonds. The normalized spacial score (nSPS) is 11.7. The molecule has 90 valence electrons. The smallest absolute Gasteiger partial charge is 0.223 e. The lowest BCUT2D eigenvalue weighted by atomic mass is 10.1. The molecule has 0 spiro atoms. The van der Waals surface area contributed by atoms with Gasteiger partial charge in [-0.3, -0.25) is 4.79 Å². The fraction of sp³-hybridized carbons (Fsp3) is 0.583. The number of carbonyl (C=O) groups is 1. The molecule has 1 aromatic rings. The summed E-state index contributed by atoms with van der Waals surface area (Å²) in [4.78, 5) is 11.4. The monoisotopic (exact) mass is 226 g/mol. The first-order valence-electron chi connectivity index (χ1n) is 5.25. The van der Waals surface area contributed by atoms with Crippen LogP contribution in [-0.2, 0) is 9.47 Å². The lowest BCUT2D eigenvalue weighted by Gasteiger charge is -2.22. The van der Waals surface area contributed by atoms with Gasteiger partial charge in [-0.15, -0.1) is 0 Å². The van der Waals surface area contributed by atoms with E-state index in [1.165, 1.54) is 6.26 Å². The van der Waals surface area contributed by atoms with Crippen LogP contribution < -0.4 is 0 Å². The summed E-state index contributed by atoms with van der Waals surface area (Å²) in [6.07, 6.45) is 2.22. The molecule has 0 N–H and O–H groups in total. The zero-order valence-corrected chi connectivity index (χ0v) is 9.99. The number of ketones is 1. The van der Waals surface area contributed by atoms with Crippen molar-refractivity contribution in [3.8, 4) is 0 Å². The molecular formula is C12H18O4. The highest BCUT2D eigenvalue weighted by Gasteiger charge is 2.16. The van der Waals surface area contributed by atoms with Crippen molar-refractivity contribution in [2.75, 3.05) is 20.3 Å². The second kappa shape index (κ2) is 5.82. The average molecular weight is 226 g/mol. The second-order valence-electron chi connectivity index (χ2n) is 4.17. The minimum absolute atomic E-state index is 0.0489. The van der Waals surface area contributed by atoms with Crippen molar-refractivity contribution in [2.45, 2.75) is 25.9 Å². The number of furan rings is 1. The number of Topliss-reactive ketones (excluding diaryl/α,β-unsaturated/α-hetero) is 1. The van der Waals surface area contributed by atoms with E-state index in [-0.39, 0.29) is 18.0 Å². The van der Waals surface area contributed by atoms with Gasteiger partial charge in [-0.2, -0.15) is 0 Å². The van der Waals surface area contributed by atoms with Crippen LogP contribution in [0.25, 0.3) is 0 Å². The Morgan fingerprint density at radius 2 is 2.25 bits per heavy atom. The van der Waals surface area contributed by atoms with E-state index in [0.717, 1.165) is 6.42 Å². The molecule has 0 saturated carbocycles. The molecule has 16 heavy (non-hydrogen) atoms. The van der Waals surface area contributed by atoms with E-state index < -0.39 is 0 Å². The molecule has 1 heterocycles. The topological polar surface area (TPSA) is 48.7 Å². The highest BCUT2D eigenvalue weighted by Crippen LogP contribution is 2.12. The molecule has 0 atom stereocenters. The zero-order chi connectivity index (χ0) is 12.0. The maximum absolute atomic E-state index is 11.4. The van der Waals surface area contributed by atoms with Gasteiger partial charge in [-0.05, 0) is 32.4 Å². The Kier molecular flexibility index (Phi) is 4.71. The number of rotatable bonds is 7. The standard InChI is InChI=1S/C12H18O4/c1-12(2,14-3)6-8-15-9-10(13)11-5-4-7-16-11/h4-5,7H,6,8-9H2,1-3H3. The lowest BCUT2D eigenvalue weighted by Crippen LogP contribution is -2.25. The van der Waals surface area contributed by atoms with E-state index in [9.17, 15) is 4.79 Å². The lowest BCUT2D eigenvalue weighted by molar-refractivity contribution is -0.00855.